The summed E-state index contributed by atoms with van der Waals surface area (Å²) < 4.78 is 1.23. The summed E-state index contributed by atoms with van der Waals surface area (Å²) in [5, 5.41) is 4.52. The van der Waals surface area contributed by atoms with Gasteiger partial charge in [0.05, 0.1) is 0 Å². The van der Waals surface area contributed by atoms with Crippen LogP contribution in [0, 0.1) is 0 Å². The summed E-state index contributed by atoms with van der Waals surface area (Å²) in [7, 11) is 0. The van der Waals surface area contributed by atoms with Crippen molar-refractivity contribution in [3.8, 4) is 0 Å². The zero-order valence-corrected chi connectivity index (χ0v) is 13.7. The Morgan fingerprint density at radius 3 is 2.70 bits per heavy atom. The van der Waals surface area contributed by atoms with Crippen molar-refractivity contribution in [2.75, 3.05) is 0 Å². The van der Waals surface area contributed by atoms with Gasteiger partial charge in [0, 0.05) is 21.6 Å². The molecule has 104 valence electrons. The molecule has 2 aromatic rings. The maximum Gasteiger partial charge on any atom is 0.0406 e. The zero-order valence-electron chi connectivity index (χ0n) is 11.4. The van der Waals surface area contributed by atoms with Gasteiger partial charge in [-0.15, -0.1) is 0 Å². The van der Waals surface area contributed by atoms with Crippen LogP contribution in [-0.2, 0) is 6.42 Å². The molecule has 1 nitrogen and oxygen atoms in total. The van der Waals surface area contributed by atoms with E-state index < -0.39 is 0 Å². The van der Waals surface area contributed by atoms with E-state index in [0.717, 1.165) is 17.9 Å². The Balaban J connectivity index is 1.77. The molecule has 1 aliphatic rings. The highest BCUT2D eigenvalue weighted by Crippen LogP contribution is 2.36. The van der Waals surface area contributed by atoms with Gasteiger partial charge < -0.3 is 5.32 Å². The molecule has 0 aromatic heterocycles. The quantitative estimate of drug-likeness (QED) is 0.777. The summed E-state index contributed by atoms with van der Waals surface area (Å²) in [4.78, 5) is 0. The van der Waals surface area contributed by atoms with Gasteiger partial charge in [-0.2, -0.15) is 0 Å². The van der Waals surface area contributed by atoms with Gasteiger partial charge in [-0.05, 0) is 54.7 Å². The van der Waals surface area contributed by atoms with Crippen molar-refractivity contribution in [3.63, 3.8) is 0 Å². The molecule has 0 amide bonds. The Morgan fingerprint density at radius 1 is 1.20 bits per heavy atom. The lowest BCUT2D eigenvalue weighted by atomic mass is 10.0. The van der Waals surface area contributed by atoms with Gasteiger partial charge in [0.25, 0.3) is 0 Å². The lowest BCUT2D eigenvalue weighted by Gasteiger charge is -2.21. The van der Waals surface area contributed by atoms with Crippen molar-refractivity contribution in [1.29, 1.82) is 0 Å². The third-order valence-electron chi connectivity index (χ3n) is 4.03. The number of benzene rings is 2. The zero-order chi connectivity index (χ0) is 14.1. The lowest BCUT2D eigenvalue weighted by Crippen LogP contribution is -2.22. The molecular weight excluding hydrogens is 334 g/mol. The monoisotopic (exact) mass is 349 g/mol. The molecule has 2 aromatic carbocycles. The Hall–Kier alpha value is -0.830. The van der Waals surface area contributed by atoms with E-state index in [4.69, 9.17) is 11.6 Å². The SMILES string of the molecule is C[C@@H](NC1CCc2c(Br)cccc21)c1ccc(Cl)cc1. The standard InChI is InChI=1S/C17H17BrClN/c1-11(12-5-7-13(19)8-6-12)20-17-10-9-14-15(17)3-2-4-16(14)18/h2-8,11,17,20H,9-10H2,1H3/t11-,17?/m1/s1. The van der Waals surface area contributed by atoms with E-state index in [-0.39, 0.29) is 0 Å². The first kappa shape index (κ1) is 14.1. The Morgan fingerprint density at radius 2 is 1.95 bits per heavy atom. The van der Waals surface area contributed by atoms with Crippen LogP contribution in [0.15, 0.2) is 46.9 Å². The van der Waals surface area contributed by atoms with E-state index in [1.165, 1.54) is 21.2 Å². The molecule has 20 heavy (non-hydrogen) atoms. The number of halogens is 2. The maximum absolute atomic E-state index is 5.95. The third-order valence-corrected chi connectivity index (χ3v) is 5.03. The average molecular weight is 351 g/mol. The van der Waals surface area contributed by atoms with Crippen LogP contribution >= 0.6 is 27.5 Å². The van der Waals surface area contributed by atoms with Crippen molar-refractivity contribution >= 4 is 27.5 Å². The van der Waals surface area contributed by atoms with Crippen LogP contribution in [0.1, 0.15) is 42.1 Å². The van der Waals surface area contributed by atoms with Crippen molar-refractivity contribution in [1.82, 2.24) is 5.32 Å². The van der Waals surface area contributed by atoms with Crippen LogP contribution in [0.2, 0.25) is 5.02 Å². The number of fused-ring (bicyclic) bond motifs is 1. The van der Waals surface area contributed by atoms with Gasteiger partial charge in [0.15, 0.2) is 0 Å². The predicted octanol–water partition coefficient (Wildman–Crippen LogP) is 5.44. The number of hydrogen-bond acceptors (Lipinski definition) is 1. The minimum Gasteiger partial charge on any atom is -0.303 e. The van der Waals surface area contributed by atoms with E-state index in [2.05, 4.69) is 58.5 Å². The molecule has 0 saturated carbocycles. The fourth-order valence-corrected chi connectivity index (χ4v) is 3.64. The van der Waals surface area contributed by atoms with Gasteiger partial charge in [-0.3, -0.25) is 0 Å². The summed E-state index contributed by atoms with van der Waals surface area (Å²) in [6.45, 7) is 2.21. The number of hydrogen-bond donors (Lipinski definition) is 1. The molecule has 0 fully saturated rings. The predicted molar refractivity (Wildman–Crippen MR) is 88.2 cm³/mol. The highest BCUT2D eigenvalue weighted by molar-refractivity contribution is 9.10. The summed E-state index contributed by atoms with van der Waals surface area (Å²) in [5.74, 6) is 0. The lowest BCUT2D eigenvalue weighted by molar-refractivity contribution is 0.465. The Labute approximate surface area is 133 Å². The summed E-state index contributed by atoms with van der Waals surface area (Å²) in [6, 6.07) is 15.3. The molecule has 0 spiro atoms. The third kappa shape index (κ3) is 2.78. The van der Waals surface area contributed by atoms with Gasteiger partial charge in [0.2, 0.25) is 0 Å². The maximum atomic E-state index is 5.95. The Bertz CT molecular complexity index is 609. The minimum absolute atomic E-state index is 0.321. The largest absolute Gasteiger partial charge is 0.303 e. The molecule has 1 aliphatic carbocycles. The van der Waals surface area contributed by atoms with E-state index in [1.807, 2.05) is 12.1 Å². The van der Waals surface area contributed by atoms with Crippen molar-refractivity contribution in [3.05, 3.63) is 68.7 Å². The summed E-state index contributed by atoms with van der Waals surface area (Å²) >= 11 is 9.60. The van der Waals surface area contributed by atoms with Crippen LogP contribution in [0.4, 0.5) is 0 Å². The van der Waals surface area contributed by atoms with E-state index in [1.54, 1.807) is 0 Å². The molecule has 3 rings (SSSR count). The minimum atomic E-state index is 0.321. The second-order valence-corrected chi connectivity index (χ2v) is 6.63. The van der Waals surface area contributed by atoms with Crippen molar-refractivity contribution in [2.24, 2.45) is 0 Å². The molecule has 0 aliphatic heterocycles. The van der Waals surface area contributed by atoms with Crippen molar-refractivity contribution < 1.29 is 0 Å². The van der Waals surface area contributed by atoms with Crippen LogP contribution in [0.25, 0.3) is 0 Å². The smallest absolute Gasteiger partial charge is 0.0406 e. The molecule has 0 saturated heterocycles. The highest BCUT2D eigenvalue weighted by atomic mass is 79.9. The molecule has 1 unspecified atom stereocenters. The normalized spacial score (nSPS) is 18.9. The average Bonchev–Trinajstić information content (AvgIpc) is 2.84. The van der Waals surface area contributed by atoms with Gasteiger partial charge in [-0.1, -0.05) is 51.8 Å². The fraction of sp³-hybridized carbons (Fsp3) is 0.294. The van der Waals surface area contributed by atoms with Crippen LogP contribution in [0.5, 0.6) is 0 Å². The van der Waals surface area contributed by atoms with E-state index in [0.29, 0.717) is 12.1 Å². The van der Waals surface area contributed by atoms with E-state index in [9.17, 15) is 0 Å². The van der Waals surface area contributed by atoms with Gasteiger partial charge in [0.1, 0.15) is 0 Å². The molecule has 0 heterocycles. The van der Waals surface area contributed by atoms with Crippen LogP contribution in [0.3, 0.4) is 0 Å². The summed E-state index contributed by atoms with van der Waals surface area (Å²) in [6.07, 6.45) is 2.30. The molecule has 2 atom stereocenters. The first-order valence-corrected chi connectivity index (χ1v) is 8.11. The fourth-order valence-electron chi connectivity index (χ4n) is 2.93. The molecule has 3 heteroatoms. The highest BCUT2D eigenvalue weighted by Gasteiger charge is 2.25. The Kier molecular flexibility index (Phi) is 4.16. The van der Waals surface area contributed by atoms with Crippen LogP contribution < -0.4 is 5.32 Å². The molecule has 1 N–H and O–H groups in total. The second-order valence-electron chi connectivity index (χ2n) is 5.34. The molecular formula is C17H17BrClN. The topological polar surface area (TPSA) is 12.0 Å². The number of nitrogens with one attached hydrogen (secondary N) is 1. The molecule has 0 radical (unpaired) electrons. The van der Waals surface area contributed by atoms with Gasteiger partial charge in [-0.25, -0.2) is 0 Å². The van der Waals surface area contributed by atoms with Crippen molar-refractivity contribution in [2.45, 2.75) is 31.8 Å². The van der Waals surface area contributed by atoms with E-state index >= 15 is 0 Å². The summed E-state index contributed by atoms with van der Waals surface area (Å²) in [5.41, 5.74) is 4.16. The second kappa shape index (κ2) is 5.88. The number of rotatable bonds is 3. The first-order valence-electron chi connectivity index (χ1n) is 6.94. The first-order chi connectivity index (χ1) is 9.65. The molecule has 0 bridgehead atoms. The van der Waals surface area contributed by atoms with Crippen LogP contribution in [-0.4, -0.2) is 0 Å². The van der Waals surface area contributed by atoms with Gasteiger partial charge >= 0.3 is 0 Å².